The summed E-state index contributed by atoms with van der Waals surface area (Å²) in [7, 11) is -2.00. The first-order chi connectivity index (χ1) is 14.0. The third-order valence-corrected chi connectivity index (χ3v) is 6.72. The van der Waals surface area contributed by atoms with Gasteiger partial charge in [0.1, 0.15) is 0 Å². The minimum atomic E-state index is -3.54. The predicted octanol–water partition coefficient (Wildman–Crippen LogP) is 2.64. The molecule has 3 rings (SSSR count). The van der Waals surface area contributed by atoms with Gasteiger partial charge < -0.3 is 14.1 Å². The van der Waals surface area contributed by atoms with Crippen molar-refractivity contribution in [2.24, 2.45) is 0 Å². The highest BCUT2D eigenvalue weighted by molar-refractivity contribution is 7.91. The lowest BCUT2D eigenvalue weighted by Gasteiger charge is -2.20. The normalized spacial score (nSPS) is 11.5. The van der Waals surface area contributed by atoms with Crippen LogP contribution in [-0.4, -0.2) is 55.4 Å². The fourth-order valence-corrected chi connectivity index (χ4v) is 4.49. The second-order valence-corrected chi connectivity index (χ2v) is 9.23. The van der Waals surface area contributed by atoms with Crippen LogP contribution in [0, 0.1) is 0 Å². The van der Waals surface area contributed by atoms with Gasteiger partial charge in [0.25, 0.3) is 5.89 Å². The molecule has 0 radical (unpaired) electrons. The second kappa shape index (κ2) is 9.77. The highest BCUT2D eigenvalue weighted by Crippen LogP contribution is 2.23. The van der Waals surface area contributed by atoms with Crippen molar-refractivity contribution in [1.82, 2.24) is 15.1 Å². The van der Waals surface area contributed by atoms with E-state index in [1.54, 1.807) is 18.2 Å². The van der Waals surface area contributed by atoms with Crippen LogP contribution in [0.25, 0.3) is 10.8 Å². The highest BCUT2D eigenvalue weighted by atomic mass is 32.2. The summed E-state index contributed by atoms with van der Waals surface area (Å²) in [5.74, 6) is 0.0749. The molecule has 0 N–H and O–H groups in total. The lowest BCUT2D eigenvalue weighted by molar-refractivity contribution is -0.132. The summed E-state index contributed by atoms with van der Waals surface area (Å²) >= 11 is 1.47. The second-order valence-electron chi connectivity index (χ2n) is 6.17. The number of sulfone groups is 1. The van der Waals surface area contributed by atoms with Gasteiger partial charge in [-0.05, 0) is 23.6 Å². The molecule has 0 aliphatic heterocycles. The zero-order valence-corrected chi connectivity index (χ0v) is 17.5. The largest absolute Gasteiger partial charge is 0.418 e. The van der Waals surface area contributed by atoms with Crippen LogP contribution in [-0.2, 0) is 25.9 Å². The maximum atomic E-state index is 12.7. The molecule has 0 aliphatic carbocycles. The topological polar surface area (TPSA) is 103 Å². The lowest BCUT2D eigenvalue weighted by atomic mass is 10.3. The van der Waals surface area contributed by atoms with Crippen molar-refractivity contribution in [2.45, 2.75) is 17.9 Å². The first kappa shape index (κ1) is 21.2. The first-order valence-electron chi connectivity index (χ1n) is 8.90. The van der Waals surface area contributed by atoms with Crippen LogP contribution >= 0.6 is 11.3 Å². The zero-order chi connectivity index (χ0) is 20.7. The molecule has 0 unspecified atom stereocenters. The summed E-state index contributed by atoms with van der Waals surface area (Å²) in [5.41, 5.74) is 0. The Bertz CT molecular complexity index is 1020. The highest BCUT2D eigenvalue weighted by Gasteiger charge is 2.22. The SMILES string of the molecule is COCCN(Cc1nnc(-c2cccs2)o1)C(=O)CCS(=O)(=O)c1ccccc1. The quantitative estimate of drug-likeness (QED) is 0.482. The van der Waals surface area contributed by atoms with Crippen LogP contribution in [0.1, 0.15) is 12.3 Å². The van der Waals surface area contributed by atoms with Gasteiger partial charge in [-0.25, -0.2) is 8.42 Å². The number of thiophene rings is 1. The molecule has 8 nitrogen and oxygen atoms in total. The van der Waals surface area contributed by atoms with Crippen LogP contribution in [0.5, 0.6) is 0 Å². The zero-order valence-electron chi connectivity index (χ0n) is 15.9. The number of carbonyl (C=O) groups excluding carboxylic acids is 1. The smallest absolute Gasteiger partial charge is 0.257 e. The minimum absolute atomic E-state index is 0.0892. The average Bonchev–Trinajstić information content (AvgIpc) is 3.42. The van der Waals surface area contributed by atoms with Crippen LogP contribution in [0.3, 0.4) is 0 Å². The van der Waals surface area contributed by atoms with Gasteiger partial charge in [-0.1, -0.05) is 24.3 Å². The van der Waals surface area contributed by atoms with E-state index >= 15 is 0 Å². The number of ether oxygens (including phenoxy) is 1. The molecule has 10 heteroatoms. The van der Waals surface area contributed by atoms with E-state index in [1.807, 2.05) is 17.5 Å². The maximum Gasteiger partial charge on any atom is 0.257 e. The first-order valence-corrected chi connectivity index (χ1v) is 11.4. The van der Waals surface area contributed by atoms with Gasteiger partial charge in [0.15, 0.2) is 9.84 Å². The van der Waals surface area contributed by atoms with E-state index in [-0.39, 0.29) is 42.0 Å². The fourth-order valence-electron chi connectivity index (χ4n) is 2.60. The van der Waals surface area contributed by atoms with Crippen LogP contribution in [0.2, 0.25) is 0 Å². The Balaban J connectivity index is 1.65. The molecule has 0 saturated heterocycles. The Kier molecular flexibility index (Phi) is 7.13. The standard InChI is InChI=1S/C19H21N3O5S2/c1-26-11-10-22(14-17-20-21-19(27-17)16-8-5-12-28-16)18(23)9-13-29(24,25)15-6-3-2-4-7-15/h2-8,12H,9-11,13-14H2,1H3. The van der Waals surface area contributed by atoms with Gasteiger partial charge in [0, 0.05) is 20.1 Å². The molecule has 2 heterocycles. The molecule has 154 valence electrons. The number of carbonyl (C=O) groups is 1. The number of rotatable bonds is 10. The number of hydrogen-bond acceptors (Lipinski definition) is 8. The summed E-state index contributed by atoms with van der Waals surface area (Å²) in [6.45, 7) is 0.687. The van der Waals surface area contributed by atoms with E-state index in [0.717, 1.165) is 4.88 Å². The van der Waals surface area contributed by atoms with Crippen molar-refractivity contribution >= 4 is 27.1 Å². The molecular formula is C19H21N3O5S2. The van der Waals surface area contributed by atoms with Crippen molar-refractivity contribution in [3.05, 3.63) is 53.7 Å². The number of amides is 1. The third-order valence-electron chi connectivity index (χ3n) is 4.13. The molecule has 29 heavy (non-hydrogen) atoms. The van der Waals surface area contributed by atoms with Crippen LogP contribution in [0.4, 0.5) is 0 Å². The molecular weight excluding hydrogens is 414 g/mol. The molecule has 3 aromatic rings. The van der Waals surface area contributed by atoms with Crippen LogP contribution in [0.15, 0.2) is 57.2 Å². The van der Waals surface area contributed by atoms with E-state index < -0.39 is 9.84 Å². The molecule has 0 aliphatic rings. The Morgan fingerprint density at radius 3 is 2.66 bits per heavy atom. The van der Waals surface area contributed by atoms with E-state index in [4.69, 9.17) is 9.15 Å². The number of hydrogen-bond donors (Lipinski definition) is 0. The van der Waals surface area contributed by atoms with Crippen LogP contribution < -0.4 is 0 Å². The van der Waals surface area contributed by atoms with Gasteiger partial charge in [-0.3, -0.25) is 4.79 Å². The van der Waals surface area contributed by atoms with Gasteiger partial charge >= 0.3 is 0 Å². The molecule has 0 atom stereocenters. The summed E-state index contributed by atoms with van der Waals surface area (Å²) in [4.78, 5) is 15.2. The van der Waals surface area contributed by atoms with Gasteiger partial charge in [0.05, 0.1) is 28.7 Å². The molecule has 0 spiro atoms. The molecule has 0 saturated carbocycles. The lowest BCUT2D eigenvalue weighted by Crippen LogP contribution is -2.34. The van der Waals surface area contributed by atoms with Crippen molar-refractivity contribution in [3.63, 3.8) is 0 Å². The van der Waals surface area contributed by atoms with E-state index in [1.165, 1.54) is 35.5 Å². The third kappa shape index (κ3) is 5.72. The molecule has 1 amide bonds. The van der Waals surface area contributed by atoms with Gasteiger partial charge in [0.2, 0.25) is 11.8 Å². The van der Waals surface area contributed by atoms with Gasteiger partial charge in [-0.15, -0.1) is 21.5 Å². The maximum absolute atomic E-state index is 12.7. The minimum Gasteiger partial charge on any atom is -0.418 e. The monoisotopic (exact) mass is 435 g/mol. The van der Waals surface area contributed by atoms with Crippen molar-refractivity contribution in [3.8, 4) is 10.8 Å². The summed E-state index contributed by atoms with van der Waals surface area (Å²) < 4.78 is 35.6. The van der Waals surface area contributed by atoms with E-state index in [0.29, 0.717) is 12.5 Å². The van der Waals surface area contributed by atoms with Crippen molar-refractivity contribution < 1.29 is 22.4 Å². The Morgan fingerprint density at radius 1 is 1.17 bits per heavy atom. The number of methoxy groups -OCH3 is 1. The molecule has 0 bridgehead atoms. The summed E-state index contributed by atoms with van der Waals surface area (Å²) in [6, 6.07) is 11.8. The Labute approximate surface area is 173 Å². The number of nitrogens with zero attached hydrogens (tertiary/aromatic N) is 3. The van der Waals surface area contributed by atoms with Crippen molar-refractivity contribution in [1.29, 1.82) is 0 Å². The summed E-state index contributed by atoms with van der Waals surface area (Å²) in [5, 5.41) is 9.90. The predicted molar refractivity (Wildman–Crippen MR) is 108 cm³/mol. The summed E-state index contributed by atoms with van der Waals surface area (Å²) in [6.07, 6.45) is -0.146. The molecule has 0 fully saturated rings. The Hall–Kier alpha value is -2.56. The van der Waals surface area contributed by atoms with Gasteiger partial charge in [-0.2, -0.15) is 0 Å². The number of benzene rings is 1. The average molecular weight is 436 g/mol. The van der Waals surface area contributed by atoms with E-state index in [9.17, 15) is 13.2 Å². The fraction of sp³-hybridized carbons (Fsp3) is 0.316. The molecule has 2 aromatic heterocycles. The Morgan fingerprint density at radius 2 is 1.97 bits per heavy atom. The number of aromatic nitrogens is 2. The van der Waals surface area contributed by atoms with E-state index in [2.05, 4.69) is 10.2 Å². The van der Waals surface area contributed by atoms with Crippen molar-refractivity contribution in [2.75, 3.05) is 26.0 Å². The molecule has 1 aromatic carbocycles.